The first-order valence-corrected chi connectivity index (χ1v) is 11.0. The molecule has 0 fully saturated rings. The maximum Gasteiger partial charge on any atom is 0.422 e. The summed E-state index contributed by atoms with van der Waals surface area (Å²) in [6.07, 6.45) is -2.32. The van der Waals surface area contributed by atoms with Crippen LogP contribution in [0.3, 0.4) is 0 Å². The summed E-state index contributed by atoms with van der Waals surface area (Å²) < 4.78 is 58.5. The van der Waals surface area contributed by atoms with Crippen molar-refractivity contribution in [3.05, 3.63) is 88.1 Å². The fourth-order valence-electron chi connectivity index (χ4n) is 3.51. The fourth-order valence-corrected chi connectivity index (χ4v) is 3.91. The summed E-state index contributed by atoms with van der Waals surface area (Å²) in [6, 6.07) is 8.32. The first-order chi connectivity index (χ1) is 16.8. The van der Waals surface area contributed by atoms with Gasteiger partial charge in [0.25, 0.3) is 0 Å². The number of esters is 1. The Morgan fingerprint density at radius 2 is 1.78 bits per heavy atom. The van der Waals surface area contributed by atoms with Gasteiger partial charge in [-0.1, -0.05) is 48.9 Å². The Morgan fingerprint density at radius 3 is 2.31 bits per heavy atom. The maximum absolute atomic E-state index is 14.3. The van der Waals surface area contributed by atoms with Gasteiger partial charge in [-0.3, -0.25) is 0 Å². The van der Waals surface area contributed by atoms with E-state index >= 15 is 0 Å². The number of aliphatic hydroxyl groups is 1. The van der Waals surface area contributed by atoms with E-state index in [4.69, 9.17) is 43.1 Å². The molecule has 0 saturated carbocycles. The van der Waals surface area contributed by atoms with E-state index in [0.717, 1.165) is 25.2 Å². The Balaban J connectivity index is 2.57. The lowest BCUT2D eigenvalue weighted by Crippen LogP contribution is -2.50. The standard InChI is InChI=1S/C25H24Cl2F3NO5/c1-5-6-15(11-22(27)31)24(33,25(28,29)30)14(2)19-12-16(8-10-20(19)26)36-17-7-9-18(23(32)35-4)21(13-17)34-3/h5-14,33H,1,31H2,2-4H3/b15-6+,22-11-. The Labute approximate surface area is 216 Å². The van der Waals surface area contributed by atoms with Crippen LogP contribution in [0.15, 0.2) is 71.9 Å². The third-order valence-corrected chi connectivity index (χ3v) is 5.79. The summed E-state index contributed by atoms with van der Waals surface area (Å²) in [5.41, 5.74) is 1.41. The number of halogens is 5. The van der Waals surface area contributed by atoms with Gasteiger partial charge in [-0.25, -0.2) is 4.79 Å². The summed E-state index contributed by atoms with van der Waals surface area (Å²) in [6.45, 7) is 4.55. The number of carbonyl (C=O) groups excluding carboxylic acids is 1. The van der Waals surface area contributed by atoms with Gasteiger partial charge >= 0.3 is 12.1 Å². The molecule has 0 radical (unpaired) electrons. The van der Waals surface area contributed by atoms with Crippen molar-refractivity contribution in [1.82, 2.24) is 0 Å². The van der Waals surface area contributed by atoms with Crippen LogP contribution >= 0.6 is 23.2 Å². The molecule has 2 aromatic carbocycles. The number of rotatable bonds is 9. The van der Waals surface area contributed by atoms with Crippen molar-refractivity contribution in [3.63, 3.8) is 0 Å². The van der Waals surface area contributed by atoms with E-state index in [-0.39, 0.29) is 33.4 Å². The molecule has 0 heterocycles. The third kappa shape index (κ3) is 6.16. The highest BCUT2D eigenvalue weighted by molar-refractivity contribution is 6.31. The third-order valence-electron chi connectivity index (χ3n) is 5.34. The topological polar surface area (TPSA) is 91.0 Å². The molecule has 0 amide bonds. The van der Waals surface area contributed by atoms with Gasteiger partial charge in [0.2, 0.25) is 0 Å². The average Bonchev–Trinajstić information content (AvgIpc) is 2.82. The molecule has 2 atom stereocenters. The SMILES string of the molecule is C=C/C=C(\C=C(/N)Cl)C(O)(C(C)c1cc(Oc2ccc(C(=O)OC)c(OC)c2)ccc1Cl)C(F)(F)F. The molecule has 2 aromatic rings. The largest absolute Gasteiger partial charge is 0.496 e. The first kappa shape index (κ1) is 29.1. The second kappa shape index (κ2) is 11.7. The number of ether oxygens (including phenoxy) is 3. The van der Waals surface area contributed by atoms with E-state index in [1.165, 1.54) is 50.6 Å². The molecule has 0 bridgehead atoms. The minimum Gasteiger partial charge on any atom is -0.496 e. The number of nitrogens with two attached hydrogens (primary N) is 1. The Kier molecular flexibility index (Phi) is 9.48. The monoisotopic (exact) mass is 545 g/mol. The highest BCUT2D eigenvalue weighted by Crippen LogP contribution is 2.48. The molecule has 0 aliphatic rings. The lowest BCUT2D eigenvalue weighted by atomic mass is 9.77. The molecule has 194 valence electrons. The van der Waals surface area contributed by atoms with E-state index in [1.54, 1.807) is 0 Å². The number of methoxy groups -OCH3 is 2. The van der Waals surface area contributed by atoms with Crippen LogP contribution in [0.1, 0.15) is 28.8 Å². The maximum atomic E-state index is 14.3. The van der Waals surface area contributed by atoms with Gasteiger partial charge < -0.3 is 25.1 Å². The summed E-state index contributed by atoms with van der Waals surface area (Å²) in [7, 11) is 2.57. The summed E-state index contributed by atoms with van der Waals surface area (Å²) >= 11 is 11.9. The van der Waals surface area contributed by atoms with E-state index in [2.05, 4.69) is 6.58 Å². The average molecular weight is 546 g/mol. The lowest BCUT2D eigenvalue weighted by Gasteiger charge is -2.37. The molecule has 0 aliphatic heterocycles. The quantitative estimate of drug-likeness (QED) is 0.213. The molecule has 0 aromatic heterocycles. The number of hydrogen-bond acceptors (Lipinski definition) is 6. The molecular formula is C25H24Cl2F3NO5. The smallest absolute Gasteiger partial charge is 0.422 e. The number of carbonyl (C=O) groups is 1. The van der Waals surface area contributed by atoms with Crippen LogP contribution in [-0.2, 0) is 4.74 Å². The zero-order valence-corrected chi connectivity index (χ0v) is 21.0. The van der Waals surface area contributed by atoms with Gasteiger partial charge in [-0.15, -0.1) is 0 Å². The van der Waals surface area contributed by atoms with Crippen molar-refractivity contribution in [2.24, 2.45) is 5.73 Å². The molecule has 11 heteroatoms. The van der Waals surface area contributed by atoms with Gasteiger partial charge in [0.15, 0.2) is 5.60 Å². The van der Waals surface area contributed by atoms with Crippen molar-refractivity contribution >= 4 is 29.2 Å². The van der Waals surface area contributed by atoms with Crippen LogP contribution < -0.4 is 15.2 Å². The van der Waals surface area contributed by atoms with Crippen LogP contribution in [0.4, 0.5) is 13.2 Å². The Hall–Kier alpha value is -3.14. The zero-order chi connectivity index (χ0) is 27.3. The van der Waals surface area contributed by atoms with Crippen molar-refractivity contribution in [2.45, 2.75) is 24.6 Å². The number of allylic oxidation sites excluding steroid dienone is 2. The molecule has 2 unspecified atom stereocenters. The van der Waals surface area contributed by atoms with Crippen LogP contribution in [0, 0.1) is 0 Å². The summed E-state index contributed by atoms with van der Waals surface area (Å²) in [4.78, 5) is 11.9. The van der Waals surface area contributed by atoms with Gasteiger partial charge in [-0.05, 0) is 47.5 Å². The second-order valence-corrected chi connectivity index (χ2v) is 8.36. The second-order valence-electron chi connectivity index (χ2n) is 7.51. The van der Waals surface area contributed by atoms with E-state index in [1.807, 2.05) is 0 Å². The predicted octanol–water partition coefficient (Wildman–Crippen LogP) is 6.48. The number of hydrogen-bond donors (Lipinski definition) is 2. The normalized spacial score (nSPS) is 15.0. The Morgan fingerprint density at radius 1 is 1.17 bits per heavy atom. The van der Waals surface area contributed by atoms with Gasteiger partial charge in [0.1, 0.15) is 22.8 Å². The molecule has 2 rings (SSSR count). The molecule has 0 saturated heterocycles. The van der Waals surface area contributed by atoms with Crippen molar-refractivity contribution in [2.75, 3.05) is 14.2 Å². The van der Waals surface area contributed by atoms with Crippen molar-refractivity contribution in [3.8, 4) is 17.2 Å². The number of benzene rings is 2. The molecular weight excluding hydrogens is 522 g/mol. The van der Waals surface area contributed by atoms with Crippen molar-refractivity contribution in [1.29, 1.82) is 0 Å². The van der Waals surface area contributed by atoms with E-state index < -0.39 is 34.4 Å². The summed E-state index contributed by atoms with van der Waals surface area (Å²) in [5.74, 6) is -1.76. The fraction of sp³-hybridized carbons (Fsp3) is 0.240. The van der Waals surface area contributed by atoms with Crippen LogP contribution in [0.5, 0.6) is 17.2 Å². The zero-order valence-electron chi connectivity index (χ0n) is 19.5. The van der Waals surface area contributed by atoms with Crippen LogP contribution in [0.2, 0.25) is 5.02 Å². The highest BCUT2D eigenvalue weighted by atomic mass is 35.5. The van der Waals surface area contributed by atoms with E-state index in [9.17, 15) is 23.1 Å². The molecule has 3 N–H and O–H groups in total. The van der Waals surface area contributed by atoms with E-state index in [0.29, 0.717) is 0 Å². The molecule has 36 heavy (non-hydrogen) atoms. The van der Waals surface area contributed by atoms with Gasteiger partial charge in [0, 0.05) is 17.0 Å². The molecule has 6 nitrogen and oxygen atoms in total. The van der Waals surface area contributed by atoms with Gasteiger partial charge in [0.05, 0.1) is 19.4 Å². The van der Waals surface area contributed by atoms with Gasteiger partial charge in [-0.2, -0.15) is 13.2 Å². The molecule has 0 spiro atoms. The minimum absolute atomic E-state index is 0.0445. The minimum atomic E-state index is -5.15. The molecule has 0 aliphatic carbocycles. The Bertz CT molecular complexity index is 1190. The van der Waals surface area contributed by atoms with Crippen LogP contribution in [-0.4, -0.2) is 37.1 Å². The summed E-state index contributed by atoms with van der Waals surface area (Å²) in [5, 5.41) is 10.5. The highest BCUT2D eigenvalue weighted by Gasteiger charge is 2.59. The van der Waals surface area contributed by atoms with Crippen LogP contribution in [0.25, 0.3) is 0 Å². The lowest BCUT2D eigenvalue weighted by molar-refractivity contribution is -0.250. The predicted molar refractivity (Wildman–Crippen MR) is 132 cm³/mol. The number of alkyl halides is 3. The first-order valence-electron chi connectivity index (χ1n) is 10.3. The van der Waals surface area contributed by atoms with Crippen molar-refractivity contribution < 1.29 is 37.3 Å².